The molecule has 1 N–H and O–H groups in total. The van der Waals surface area contributed by atoms with Gasteiger partial charge >= 0.3 is 5.97 Å². The molecule has 0 aliphatic carbocycles. The molecule has 0 bridgehead atoms. The Hall–Kier alpha value is -3.00. The summed E-state index contributed by atoms with van der Waals surface area (Å²) in [6.07, 6.45) is 0.817. The number of nitrogens with one attached hydrogen (secondary N) is 1. The van der Waals surface area contributed by atoms with Crippen molar-refractivity contribution in [2.45, 2.75) is 26.8 Å². The highest BCUT2D eigenvalue weighted by Crippen LogP contribution is 2.16. The fourth-order valence-corrected chi connectivity index (χ4v) is 2.96. The summed E-state index contributed by atoms with van der Waals surface area (Å²) in [6, 6.07) is 7.19. The van der Waals surface area contributed by atoms with E-state index in [1.165, 1.54) is 18.2 Å². The number of hydrogen-bond acceptors (Lipinski definition) is 5. The molecule has 1 amide bonds. The van der Waals surface area contributed by atoms with Crippen molar-refractivity contribution in [1.82, 2.24) is 9.88 Å². The predicted octanol–water partition coefficient (Wildman–Crippen LogP) is 2.44. The van der Waals surface area contributed by atoms with Crippen LogP contribution in [0.3, 0.4) is 0 Å². The Morgan fingerprint density at radius 2 is 1.86 bits per heavy atom. The SMILES string of the molecule is COCCCn1c(C)cc(C(=O)COC(=O)CNC(=O)c2ccccc2F)c1C. The van der Waals surface area contributed by atoms with Crippen LogP contribution in [0.15, 0.2) is 30.3 Å². The third kappa shape index (κ3) is 5.99. The zero-order valence-electron chi connectivity index (χ0n) is 16.8. The van der Waals surface area contributed by atoms with E-state index in [4.69, 9.17) is 9.47 Å². The molecule has 1 aromatic heterocycles. The number of hydrogen-bond donors (Lipinski definition) is 1. The lowest BCUT2D eigenvalue weighted by molar-refractivity contribution is -0.141. The number of Topliss-reactive ketones (excluding diaryl/α,β-unsaturated/α-hetero) is 1. The quantitative estimate of drug-likeness (QED) is 0.373. The van der Waals surface area contributed by atoms with E-state index in [1.54, 1.807) is 13.2 Å². The number of rotatable bonds is 10. The lowest BCUT2D eigenvalue weighted by atomic mass is 10.1. The zero-order valence-corrected chi connectivity index (χ0v) is 16.8. The maximum absolute atomic E-state index is 13.5. The van der Waals surface area contributed by atoms with Crippen LogP contribution in [-0.2, 0) is 20.8 Å². The molecule has 0 saturated heterocycles. The first-order chi connectivity index (χ1) is 13.8. The topological polar surface area (TPSA) is 86.6 Å². The van der Waals surface area contributed by atoms with E-state index in [0.29, 0.717) is 12.2 Å². The van der Waals surface area contributed by atoms with Crippen LogP contribution in [0.4, 0.5) is 4.39 Å². The number of halogens is 1. The van der Waals surface area contributed by atoms with Gasteiger partial charge in [0, 0.05) is 37.2 Å². The predicted molar refractivity (Wildman–Crippen MR) is 104 cm³/mol. The van der Waals surface area contributed by atoms with E-state index >= 15 is 0 Å². The number of methoxy groups -OCH3 is 1. The van der Waals surface area contributed by atoms with Crippen LogP contribution < -0.4 is 5.32 Å². The van der Waals surface area contributed by atoms with Gasteiger partial charge in [-0.1, -0.05) is 12.1 Å². The van der Waals surface area contributed by atoms with E-state index in [1.807, 2.05) is 18.4 Å². The highest BCUT2D eigenvalue weighted by atomic mass is 19.1. The molecule has 0 aliphatic rings. The molecule has 0 radical (unpaired) electrons. The average Bonchev–Trinajstić information content (AvgIpc) is 2.99. The van der Waals surface area contributed by atoms with Crippen LogP contribution in [0, 0.1) is 19.7 Å². The Balaban J connectivity index is 1.86. The number of ether oxygens (including phenoxy) is 2. The second-order valence-corrected chi connectivity index (χ2v) is 6.53. The summed E-state index contributed by atoms with van der Waals surface area (Å²) in [6.45, 7) is 4.19. The van der Waals surface area contributed by atoms with Crippen LogP contribution in [0.1, 0.15) is 38.5 Å². The van der Waals surface area contributed by atoms with Gasteiger partial charge in [-0.05, 0) is 38.5 Å². The van der Waals surface area contributed by atoms with Gasteiger partial charge in [-0.2, -0.15) is 0 Å². The summed E-state index contributed by atoms with van der Waals surface area (Å²) in [4.78, 5) is 36.1. The Morgan fingerprint density at radius 1 is 1.14 bits per heavy atom. The summed E-state index contributed by atoms with van der Waals surface area (Å²) < 4.78 is 25.6. The van der Waals surface area contributed by atoms with E-state index in [0.717, 1.165) is 30.4 Å². The van der Waals surface area contributed by atoms with E-state index in [9.17, 15) is 18.8 Å². The first-order valence-electron chi connectivity index (χ1n) is 9.22. The van der Waals surface area contributed by atoms with Crippen molar-refractivity contribution < 1.29 is 28.2 Å². The highest BCUT2D eigenvalue weighted by molar-refractivity contribution is 6.00. The fourth-order valence-electron chi connectivity index (χ4n) is 2.96. The molecule has 0 atom stereocenters. The molecular formula is C21H25FN2O5. The molecule has 2 aromatic rings. The van der Waals surface area contributed by atoms with Gasteiger partial charge in [0.2, 0.25) is 5.78 Å². The molecule has 1 aromatic carbocycles. The maximum Gasteiger partial charge on any atom is 0.325 e. The molecule has 0 aliphatic heterocycles. The van der Waals surface area contributed by atoms with Gasteiger partial charge in [0.1, 0.15) is 12.4 Å². The van der Waals surface area contributed by atoms with Gasteiger partial charge in [0.25, 0.3) is 5.91 Å². The standard InChI is InChI=1S/C21H25FN2O5/c1-14-11-17(15(2)24(14)9-6-10-28-3)19(25)13-29-20(26)12-23-21(27)16-7-4-5-8-18(16)22/h4-5,7-8,11H,6,9-10,12-13H2,1-3H3,(H,23,27). The number of amides is 1. The van der Waals surface area contributed by atoms with Crippen molar-refractivity contribution in [3.8, 4) is 0 Å². The molecule has 1 heterocycles. The lowest BCUT2D eigenvalue weighted by Crippen LogP contribution is -2.32. The van der Waals surface area contributed by atoms with Crippen molar-refractivity contribution in [3.05, 3.63) is 58.7 Å². The largest absolute Gasteiger partial charge is 0.456 e. The molecule has 156 valence electrons. The molecule has 2 rings (SSSR count). The number of carbonyl (C=O) groups excluding carboxylic acids is 3. The van der Waals surface area contributed by atoms with E-state index < -0.39 is 30.8 Å². The molecular weight excluding hydrogens is 379 g/mol. The van der Waals surface area contributed by atoms with Crippen LogP contribution >= 0.6 is 0 Å². The number of benzene rings is 1. The first-order valence-corrected chi connectivity index (χ1v) is 9.22. The van der Waals surface area contributed by atoms with Crippen LogP contribution in [0.25, 0.3) is 0 Å². The van der Waals surface area contributed by atoms with E-state index in [-0.39, 0.29) is 11.3 Å². The van der Waals surface area contributed by atoms with Crippen molar-refractivity contribution in [2.75, 3.05) is 26.9 Å². The molecule has 8 heteroatoms. The van der Waals surface area contributed by atoms with Gasteiger partial charge in [-0.15, -0.1) is 0 Å². The summed E-state index contributed by atoms with van der Waals surface area (Å²) in [5, 5.41) is 2.28. The first kappa shape index (κ1) is 22.3. The number of esters is 1. The van der Waals surface area contributed by atoms with E-state index in [2.05, 4.69) is 5.32 Å². The van der Waals surface area contributed by atoms with Crippen LogP contribution in [-0.4, -0.2) is 49.1 Å². The minimum absolute atomic E-state index is 0.169. The summed E-state index contributed by atoms with van der Waals surface area (Å²) in [5.41, 5.74) is 2.05. The summed E-state index contributed by atoms with van der Waals surface area (Å²) in [7, 11) is 1.64. The van der Waals surface area contributed by atoms with Gasteiger partial charge in [-0.25, -0.2) is 4.39 Å². The molecule has 7 nitrogen and oxygen atoms in total. The molecule has 0 saturated carbocycles. The van der Waals surface area contributed by atoms with Gasteiger partial charge < -0.3 is 19.4 Å². The Labute approximate surface area is 168 Å². The maximum atomic E-state index is 13.5. The number of aromatic nitrogens is 1. The van der Waals surface area contributed by atoms with Crippen LogP contribution in [0.2, 0.25) is 0 Å². The summed E-state index contributed by atoms with van der Waals surface area (Å²) in [5.74, 6) is -2.53. The number of nitrogens with zero attached hydrogens (tertiary/aromatic N) is 1. The third-order valence-electron chi connectivity index (χ3n) is 4.48. The second kappa shape index (κ2) is 10.5. The zero-order chi connectivity index (χ0) is 21.4. The van der Waals surface area contributed by atoms with Crippen molar-refractivity contribution in [1.29, 1.82) is 0 Å². The smallest absolute Gasteiger partial charge is 0.325 e. The average molecular weight is 404 g/mol. The molecule has 0 spiro atoms. The number of ketones is 1. The highest BCUT2D eigenvalue weighted by Gasteiger charge is 2.18. The second-order valence-electron chi connectivity index (χ2n) is 6.53. The number of carbonyl (C=O) groups is 3. The molecule has 0 unspecified atom stereocenters. The molecule has 0 fully saturated rings. The number of aryl methyl sites for hydroxylation is 1. The van der Waals surface area contributed by atoms with Gasteiger partial charge in [-0.3, -0.25) is 14.4 Å². The van der Waals surface area contributed by atoms with Gasteiger partial charge in [0.15, 0.2) is 6.61 Å². The minimum Gasteiger partial charge on any atom is -0.456 e. The normalized spacial score (nSPS) is 10.6. The Bertz CT molecular complexity index is 891. The lowest BCUT2D eigenvalue weighted by Gasteiger charge is -2.09. The van der Waals surface area contributed by atoms with Crippen LogP contribution in [0.5, 0.6) is 0 Å². The summed E-state index contributed by atoms with van der Waals surface area (Å²) >= 11 is 0. The van der Waals surface area contributed by atoms with Crippen molar-refractivity contribution >= 4 is 17.7 Å². The minimum atomic E-state index is -0.781. The fraction of sp³-hybridized carbons (Fsp3) is 0.381. The van der Waals surface area contributed by atoms with Gasteiger partial charge in [0.05, 0.1) is 5.56 Å². The van der Waals surface area contributed by atoms with Crippen molar-refractivity contribution in [3.63, 3.8) is 0 Å². The third-order valence-corrected chi connectivity index (χ3v) is 4.48. The Morgan fingerprint density at radius 3 is 2.55 bits per heavy atom. The molecule has 29 heavy (non-hydrogen) atoms. The monoisotopic (exact) mass is 404 g/mol. The van der Waals surface area contributed by atoms with Crippen molar-refractivity contribution in [2.24, 2.45) is 0 Å². The Kier molecular flexibility index (Phi) is 8.09.